The van der Waals surface area contributed by atoms with Crippen LogP contribution in [0.1, 0.15) is 44.8 Å². The number of rotatable bonds is 8. The highest BCUT2D eigenvalue weighted by atomic mass is 79.9. The topological polar surface area (TPSA) is 21.3 Å². The van der Waals surface area contributed by atoms with Gasteiger partial charge in [-0.05, 0) is 30.0 Å². The number of ether oxygens (including phenoxy) is 1. The molecule has 1 aliphatic carbocycles. The van der Waals surface area contributed by atoms with Crippen molar-refractivity contribution >= 4 is 15.9 Å². The summed E-state index contributed by atoms with van der Waals surface area (Å²) in [7, 11) is 0. The number of hydrogen-bond acceptors (Lipinski definition) is 2. The normalized spacial score (nSPS) is 16.8. The summed E-state index contributed by atoms with van der Waals surface area (Å²) in [6.45, 7) is 6.10. The van der Waals surface area contributed by atoms with Gasteiger partial charge in [0.25, 0.3) is 0 Å². The molecule has 1 atom stereocenters. The number of halogens is 1. The van der Waals surface area contributed by atoms with Crippen molar-refractivity contribution in [2.45, 2.75) is 45.3 Å². The Bertz CT molecular complexity index is 373. The van der Waals surface area contributed by atoms with E-state index in [2.05, 4.69) is 59.4 Å². The van der Waals surface area contributed by atoms with Crippen molar-refractivity contribution in [2.24, 2.45) is 5.92 Å². The van der Waals surface area contributed by atoms with E-state index in [0.717, 1.165) is 23.5 Å². The molecule has 0 aliphatic heterocycles. The second-order valence-corrected chi connectivity index (χ2v) is 6.62. The van der Waals surface area contributed by atoms with Crippen molar-refractivity contribution in [1.29, 1.82) is 0 Å². The molecule has 2 rings (SSSR count). The molecule has 0 aromatic heterocycles. The fraction of sp³-hybridized carbons (Fsp3) is 0.625. The van der Waals surface area contributed by atoms with E-state index >= 15 is 0 Å². The fourth-order valence-electron chi connectivity index (χ4n) is 2.08. The predicted molar refractivity (Wildman–Crippen MR) is 83.3 cm³/mol. The molecule has 0 heterocycles. The lowest BCUT2D eigenvalue weighted by Gasteiger charge is -2.20. The van der Waals surface area contributed by atoms with Crippen LogP contribution in [0, 0.1) is 5.92 Å². The van der Waals surface area contributed by atoms with Gasteiger partial charge < -0.3 is 10.1 Å². The lowest BCUT2D eigenvalue weighted by Crippen LogP contribution is -2.29. The zero-order valence-corrected chi connectivity index (χ0v) is 13.4. The Morgan fingerprint density at radius 1 is 1.26 bits per heavy atom. The Kier molecular flexibility index (Phi) is 5.86. The Hall–Kier alpha value is -0.380. The zero-order valence-electron chi connectivity index (χ0n) is 11.9. The molecule has 3 heteroatoms. The molecule has 0 spiro atoms. The molecule has 2 nitrogen and oxygen atoms in total. The second kappa shape index (κ2) is 7.41. The van der Waals surface area contributed by atoms with Gasteiger partial charge in [-0.25, -0.2) is 0 Å². The molecule has 1 aliphatic rings. The highest BCUT2D eigenvalue weighted by molar-refractivity contribution is 9.10. The molecule has 1 saturated carbocycles. The summed E-state index contributed by atoms with van der Waals surface area (Å²) in [5.74, 6) is 0.934. The third kappa shape index (κ3) is 5.64. The molecular formula is C16H24BrNO. The van der Waals surface area contributed by atoms with Crippen LogP contribution in [0.3, 0.4) is 0 Å². The second-order valence-electron chi connectivity index (χ2n) is 5.71. The lowest BCUT2D eigenvalue weighted by atomic mass is 10.1. The monoisotopic (exact) mass is 325 g/mol. The quantitative estimate of drug-likeness (QED) is 0.769. The molecule has 0 amide bonds. The molecule has 106 valence electrons. The maximum Gasteiger partial charge on any atom is 0.0949 e. The third-order valence-corrected chi connectivity index (χ3v) is 4.02. The fourth-order valence-corrected chi connectivity index (χ4v) is 2.34. The highest BCUT2D eigenvalue weighted by Crippen LogP contribution is 2.32. The van der Waals surface area contributed by atoms with E-state index in [9.17, 15) is 0 Å². The van der Waals surface area contributed by atoms with Crippen LogP contribution in [0.2, 0.25) is 0 Å². The van der Waals surface area contributed by atoms with E-state index in [1.54, 1.807) is 0 Å². The molecule has 1 N–H and O–H groups in total. The van der Waals surface area contributed by atoms with Gasteiger partial charge in [-0.2, -0.15) is 0 Å². The Morgan fingerprint density at radius 3 is 2.53 bits per heavy atom. The van der Waals surface area contributed by atoms with Crippen molar-refractivity contribution in [3.05, 3.63) is 34.3 Å². The van der Waals surface area contributed by atoms with Gasteiger partial charge in [0.05, 0.1) is 6.10 Å². The summed E-state index contributed by atoms with van der Waals surface area (Å²) in [5.41, 5.74) is 1.26. The standard InChI is InChI=1S/C16H24BrNO/c1-12(2)18-11-16(19-10-9-13-3-4-13)14-5-7-15(17)8-6-14/h5-8,12-13,16,18H,3-4,9-11H2,1-2H3. The van der Waals surface area contributed by atoms with Crippen molar-refractivity contribution in [1.82, 2.24) is 5.32 Å². The number of nitrogens with one attached hydrogen (secondary N) is 1. The van der Waals surface area contributed by atoms with E-state index in [1.165, 1.54) is 24.8 Å². The smallest absolute Gasteiger partial charge is 0.0949 e. The summed E-state index contributed by atoms with van der Waals surface area (Å²) < 4.78 is 7.21. The molecule has 1 aromatic carbocycles. The average molecular weight is 326 g/mol. The first-order valence-electron chi connectivity index (χ1n) is 7.25. The van der Waals surface area contributed by atoms with Gasteiger partial charge >= 0.3 is 0 Å². The van der Waals surface area contributed by atoms with Crippen LogP contribution in [0.4, 0.5) is 0 Å². The molecule has 1 fully saturated rings. The van der Waals surface area contributed by atoms with Crippen LogP contribution in [-0.4, -0.2) is 19.2 Å². The molecule has 0 saturated heterocycles. The minimum atomic E-state index is 0.161. The maximum atomic E-state index is 6.09. The third-order valence-electron chi connectivity index (χ3n) is 3.50. The summed E-state index contributed by atoms with van der Waals surface area (Å²) in [4.78, 5) is 0. The van der Waals surface area contributed by atoms with Crippen molar-refractivity contribution in [3.8, 4) is 0 Å². The molecule has 19 heavy (non-hydrogen) atoms. The predicted octanol–water partition coefficient (Wildman–Crippen LogP) is 4.30. The number of hydrogen-bond donors (Lipinski definition) is 1. The first-order chi connectivity index (χ1) is 9.15. The van der Waals surface area contributed by atoms with Crippen LogP contribution in [0.5, 0.6) is 0 Å². The van der Waals surface area contributed by atoms with Gasteiger partial charge in [0, 0.05) is 23.7 Å². The van der Waals surface area contributed by atoms with Gasteiger partial charge in [0.15, 0.2) is 0 Å². The summed E-state index contributed by atoms with van der Waals surface area (Å²) >= 11 is 3.48. The largest absolute Gasteiger partial charge is 0.372 e. The van der Waals surface area contributed by atoms with E-state index in [-0.39, 0.29) is 6.10 Å². The van der Waals surface area contributed by atoms with E-state index in [1.807, 2.05) is 0 Å². The first-order valence-corrected chi connectivity index (χ1v) is 8.05. The van der Waals surface area contributed by atoms with Gasteiger partial charge in [-0.1, -0.05) is 54.8 Å². The maximum absolute atomic E-state index is 6.09. The summed E-state index contributed by atoms with van der Waals surface area (Å²) in [6, 6.07) is 8.95. The minimum Gasteiger partial charge on any atom is -0.372 e. The van der Waals surface area contributed by atoms with Crippen molar-refractivity contribution in [3.63, 3.8) is 0 Å². The SMILES string of the molecule is CC(C)NCC(OCCC1CC1)c1ccc(Br)cc1. The Balaban J connectivity index is 1.88. The van der Waals surface area contributed by atoms with Gasteiger partial charge in [-0.15, -0.1) is 0 Å². The van der Waals surface area contributed by atoms with Crippen molar-refractivity contribution < 1.29 is 4.74 Å². The Labute approximate surface area is 125 Å². The van der Waals surface area contributed by atoms with E-state index < -0.39 is 0 Å². The van der Waals surface area contributed by atoms with Crippen LogP contribution in [0.15, 0.2) is 28.7 Å². The average Bonchev–Trinajstić information content (AvgIpc) is 3.18. The van der Waals surface area contributed by atoms with E-state index in [0.29, 0.717) is 6.04 Å². The van der Waals surface area contributed by atoms with Crippen LogP contribution in [-0.2, 0) is 4.74 Å². The molecular weight excluding hydrogens is 302 g/mol. The van der Waals surface area contributed by atoms with Gasteiger partial charge in [0.2, 0.25) is 0 Å². The Morgan fingerprint density at radius 2 is 1.95 bits per heavy atom. The van der Waals surface area contributed by atoms with Crippen LogP contribution in [0.25, 0.3) is 0 Å². The number of benzene rings is 1. The first kappa shape index (κ1) is 15.0. The van der Waals surface area contributed by atoms with E-state index in [4.69, 9.17) is 4.74 Å². The highest BCUT2D eigenvalue weighted by Gasteiger charge is 2.21. The van der Waals surface area contributed by atoms with Gasteiger partial charge in [0.1, 0.15) is 0 Å². The van der Waals surface area contributed by atoms with Crippen LogP contribution >= 0.6 is 15.9 Å². The van der Waals surface area contributed by atoms with Gasteiger partial charge in [-0.3, -0.25) is 0 Å². The zero-order chi connectivity index (χ0) is 13.7. The molecule has 1 aromatic rings. The molecule has 1 unspecified atom stereocenters. The van der Waals surface area contributed by atoms with Crippen LogP contribution < -0.4 is 5.32 Å². The lowest BCUT2D eigenvalue weighted by molar-refractivity contribution is 0.0473. The minimum absolute atomic E-state index is 0.161. The molecule has 0 radical (unpaired) electrons. The summed E-state index contributed by atoms with van der Waals surface area (Å²) in [6.07, 6.45) is 4.18. The summed E-state index contributed by atoms with van der Waals surface area (Å²) in [5, 5.41) is 3.48. The van der Waals surface area contributed by atoms with Crippen molar-refractivity contribution in [2.75, 3.05) is 13.2 Å². The molecule has 0 bridgehead atoms.